The molecular formula is C15H17N5O2. The molecule has 0 aliphatic carbocycles. The monoisotopic (exact) mass is 299 g/mol. The third kappa shape index (κ3) is 2.59. The molecule has 0 bridgehead atoms. The lowest BCUT2D eigenvalue weighted by molar-refractivity contribution is 0.249. The zero-order valence-electron chi connectivity index (χ0n) is 12.9. The van der Waals surface area contributed by atoms with Crippen molar-refractivity contribution in [2.75, 3.05) is 0 Å². The van der Waals surface area contributed by atoms with Gasteiger partial charge in [-0.2, -0.15) is 10.4 Å². The smallest absolute Gasteiger partial charge is 0.332 e. The molecule has 2 aromatic heterocycles. The fourth-order valence-electron chi connectivity index (χ4n) is 2.29. The van der Waals surface area contributed by atoms with E-state index in [9.17, 15) is 10.1 Å². The SMILES string of the molecule is Cc1oc(-n2c(C)cc(C=NNC(N)=O)c2C)c(C#N)c1C. The molecule has 2 aromatic rings. The molecule has 22 heavy (non-hydrogen) atoms. The Kier molecular flexibility index (Phi) is 4.04. The van der Waals surface area contributed by atoms with Crippen molar-refractivity contribution in [3.8, 4) is 12.0 Å². The van der Waals surface area contributed by atoms with Gasteiger partial charge in [-0.25, -0.2) is 10.2 Å². The topological polar surface area (TPSA) is 109 Å². The van der Waals surface area contributed by atoms with Gasteiger partial charge in [0.25, 0.3) is 0 Å². The van der Waals surface area contributed by atoms with Crippen LogP contribution in [0.2, 0.25) is 0 Å². The molecule has 114 valence electrons. The van der Waals surface area contributed by atoms with Crippen LogP contribution in [0.4, 0.5) is 4.79 Å². The second-order valence-electron chi connectivity index (χ2n) is 4.97. The summed E-state index contributed by atoms with van der Waals surface area (Å²) in [5.74, 6) is 1.21. The van der Waals surface area contributed by atoms with Crippen LogP contribution in [0.5, 0.6) is 0 Å². The van der Waals surface area contributed by atoms with Gasteiger partial charge in [0.15, 0.2) is 0 Å². The molecule has 0 aromatic carbocycles. The second-order valence-corrected chi connectivity index (χ2v) is 4.97. The summed E-state index contributed by atoms with van der Waals surface area (Å²) in [5, 5.41) is 13.1. The molecule has 0 fully saturated rings. The second kappa shape index (κ2) is 5.77. The summed E-state index contributed by atoms with van der Waals surface area (Å²) in [4.78, 5) is 10.6. The van der Waals surface area contributed by atoms with E-state index in [0.29, 0.717) is 17.2 Å². The van der Waals surface area contributed by atoms with Gasteiger partial charge in [-0.05, 0) is 33.8 Å². The predicted molar refractivity (Wildman–Crippen MR) is 82.0 cm³/mol. The number of hydrazone groups is 1. The lowest BCUT2D eigenvalue weighted by Crippen LogP contribution is -2.24. The van der Waals surface area contributed by atoms with Crippen molar-refractivity contribution in [2.24, 2.45) is 10.8 Å². The number of hydrogen-bond donors (Lipinski definition) is 2. The summed E-state index contributed by atoms with van der Waals surface area (Å²) in [7, 11) is 0. The summed E-state index contributed by atoms with van der Waals surface area (Å²) in [6.45, 7) is 7.47. The first-order valence-electron chi connectivity index (χ1n) is 6.64. The summed E-state index contributed by atoms with van der Waals surface area (Å²) < 4.78 is 7.60. The molecule has 0 spiro atoms. The van der Waals surface area contributed by atoms with Crippen LogP contribution in [0.1, 0.15) is 33.8 Å². The van der Waals surface area contributed by atoms with E-state index in [2.05, 4.69) is 16.6 Å². The highest BCUT2D eigenvalue weighted by Crippen LogP contribution is 2.28. The molecule has 0 aliphatic heterocycles. The molecule has 0 saturated heterocycles. The largest absolute Gasteiger partial charge is 0.443 e. The van der Waals surface area contributed by atoms with Crippen molar-refractivity contribution in [3.05, 3.63) is 39.9 Å². The van der Waals surface area contributed by atoms with Crippen molar-refractivity contribution >= 4 is 12.2 Å². The number of primary amides is 1. The lowest BCUT2D eigenvalue weighted by atomic mass is 10.2. The number of aromatic nitrogens is 1. The first kappa shape index (κ1) is 15.4. The van der Waals surface area contributed by atoms with Crippen LogP contribution in [0.15, 0.2) is 15.6 Å². The van der Waals surface area contributed by atoms with E-state index >= 15 is 0 Å². The average Bonchev–Trinajstić information content (AvgIpc) is 2.87. The van der Waals surface area contributed by atoms with Gasteiger partial charge >= 0.3 is 6.03 Å². The fraction of sp³-hybridized carbons (Fsp3) is 0.267. The highest BCUT2D eigenvalue weighted by molar-refractivity contribution is 5.83. The molecule has 7 heteroatoms. The third-order valence-corrected chi connectivity index (χ3v) is 3.53. The van der Waals surface area contributed by atoms with Crippen molar-refractivity contribution in [1.29, 1.82) is 5.26 Å². The van der Waals surface area contributed by atoms with E-state index in [1.165, 1.54) is 6.21 Å². The van der Waals surface area contributed by atoms with Gasteiger partial charge in [0.2, 0.25) is 5.88 Å². The number of nitriles is 1. The van der Waals surface area contributed by atoms with Crippen LogP contribution >= 0.6 is 0 Å². The maximum Gasteiger partial charge on any atom is 0.332 e. The number of carbonyl (C=O) groups is 1. The van der Waals surface area contributed by atoms with E-state index < -0.39 is 6.03 Å². The van der Waals surface area contributed by atoms with Gasteiger partial charge in [0.1, 0.15) is 17.4 Å². The minimum absolute atomic E-state index is 0.495. The first-order valence-corrected chi connectivity index (χ1v) is 6.64. The number of urea groups is 1. The quantitative estimate of drug-likeness (QED) is 0.669. The highest BCUT2D eigenvalue weighted by atomic mass is 16.4. The van der Waals surface area contributed by atoms with Crippen LogP contribution in [-0.2, 0) is 0 Å². The molecule has 2 rings (SSSR count). The van der Waals surface area contributed by atoms with Crippen LogP contribution < -0.4 is 11.2 Å². The minimum atomic E-state index is -0.728. The number of nitrogens with zero attached hydrogens (tertiary/aromatic N) is 3. The Morgan fingerprint density at radius 1 is 1.45 bits per heavy atom. The molecule has 0 atom stereocenters. The molecule has 0 aliphatic rings. The van der Waals surface area contributed by atoms with Crippen molar-refractivity contribution in [3.63, 3.8) is 0 Å². The van der Waals surface area contributed by atoms with Crippen molar-refractivity contribution in [1.82, 2.24) is 9.99 Å². The maximum atomic E-state index is 10.6. The highest BCUT2D eigenvalue weighted by Gasteiger charge is 2.20. The van der Waals surface area contributed by atoms with Gasteiger partial charge in [-0.3, -0.25) is 4.57 Å². The predicted octanol–water partition coefficient (Wildman–Crippen LogP) is 2.18. The molecule has 2 heterocycles. The third-order valence-electron chi connectivity index (χ3n) is 3.53. The lowest BCUT2D eigenvalue weighted by Gasteiger charge is -2.06. The van der Waals surface area contributed by atoms with Gasteiger partial charge in [-0.1, -0.05) is 0 Å². The number of nitrogens with two attached hydrogens (primary N) is 1. The molecular weight excluding hydrogens is 282 g/mol. The number of carbonyl (C=O) groups excluding carboxylic acids is 1. The number of amides is 2. The Labute approximate surface area is 128 Å². The Hall–Kier alpha value is -3.01. The molecule has 7 nitrogen and oxygen atoms in total. The number of furan rings is 1. The zero-order chi connectivity index (χ0) is 16.4. The van der Waals surface area contributed by atoms with Crippen molar-refractivity contribution < 1.29 is 9.21 Å². The number of nitrogens with one attached hydrogen (secondary N) is 1. The maximum absolute atomic E-state index is 10.6. The Bertz CT molecular complexity index is 805. The number of rotatable bonds is 3. The molecule has 3 N–H and O–H groups in total. The normalized spacial score (nSPS) is 10.9. The van der Waals surface area contributed by atoms with Gasteiger partial charge < -0.3 is 10.2 Å². The van der Waals surface area contributed by atoms with E-state index in [0.717, 1.165) is 22.5 Å². The summed E-state index contributed by atoms with van der Waals surface area (Å²) >= 11 is 0. The molecule has 2 amide bonds. The summed E-state index contributed by atoms with van der Waals surface area (Å²) in [6.07, 6.45) is 1.50. The fourth-order valence-corrected chi connectivity index (χ4v) is 2.29. The molecule has 0 saturated carbocycles. The van der Waals surface area contributed by atoms with E-state index in [1.54, 1.807) is 0 Å². The Morgan fingerprint density at radius 3 is 2.73 bits per heavy atom. The Balaban J connectivity index is 2.52. The van der Waals surface area contributed by atoms with Crippen LogP contribution in [0, 0.1) is 39.0 Å². The molecule has 0 radical (unpaired) electrons. The first-order chi connectivity index (χ1) is 10.4. The van der Waals surface area contributed by atoms with Crippen LogP contribution in [-0.4, -0.2) is 16.8 Å². The average molecular weight is 299 g/mol. The van der Waals surface area contributed by atoms with E-state index in [1.807, 2.05) is 38.3 Å². The van der Waals surface area contributed by atoms with Crippen molar-refractivity contribution in [2.45, 2.75) is 27.7 Å². The Morgan fingerprint density at radius 2 is 2.14 bits per heavy atom. The van der Waals surface area contributed by atoms with Crippen LogP contribution in [0.3, 0.4) is 0 Å². The number of hydrogen-bond acceptors (Lipinski definition) is 4. The summed E-state index contributed by atoms with van der Waals surface area (Å²) in [5.41, 5.74) is 11.0. The zero-order valence-corrected chi connectivity index (χ0v) is 12.9. The van der Waals surface area contributed by atoms with Gasteiger partial charge in [0, 0.05) is 22.5 Å². The standard InChI is InChI=1S/C15H17N5O2/c1-8-5-12(7-18-19-15(17)21)10(3)20(8)14-13(6-16)9(2)11(4)22-14/h5,7H,1-4H3,(H3,17,19,21). The van der Waals surface area contributed by atoms with Gasteiger partial charge in [-0.15, -0.1) is 0 Å². The number of aryl methyl sites for hydroxylation is 2. The molecule has 0 unspecified atom stereocenters. The minimum Gasteiger partial charge on any atom is -0.443 e. The summed E-state index contributed by atoms with van der Waals surface area (Å²) in [6, 6.07) is 3.34. The van der Waals surface area contributed by atoms with E-state index in [4.69, 9.17) is 10.2 Å². The van der Waals surface area contributed by atoms with Gasteiger partial charge in [0.05, 0.1) is 6.21 Å². The van der Waals surface area contributed by atoms with Crippen LogP contribution in [0.25, 0.3) is 5.88 Å². The van der Waals surface area contributed by atoms with E-state index in [-0.39, 0.29) is 0 Å².